The lowest BCUT2D eigenvalue weighted by Crippen LogP contribution is -2.24. The molecule has 0 saturated heterocycles. The summed E-state index contributed by atoms with van der Waals surface area (Å²) < 4.78 is 16.1. The van der Waals surface area contributed by atoms with E-state index in [1.54, 1.807) is 36.4 Å². The van der Waals surface area contributed by atoms with Crippen molar-refractivity contribution >= 4 is 62.3 Å². The molecule has 0 atom stereocenters. The lowest BCUT2D eigenvalue weighted by molar-refractivity contribution is -0.118. The number of hydrogen-bond acceptors (Lipinski definition) is 5. The number of rotatable bonds is 6. The Hall–Kier alpha value is -3.01. The number of fused-ring (bicyclic) bond motifs is 1. The van der Waals surface area contributed by atoms with E-state index in [2.05, 4.69) is 31.4 Å². The number of para-hydroxylation sites is 1. The average molecular weight is 546 g/mol. The molecular formula is C23H15BrClFN4O2S. The zero-order valence-electron chi connectivity index (χ0n) is 16.8. The molecule has 1 aromatic heterocycles. The Bertz CT molecular complexity index is 1410. The molecule has 0 aliphatic carbocycles. The van der Waals surface area contributed by atoms with Gasteiger partial charge in [-0.3, -0.25) is 14.2 Å². The smallest absolute Gasteiger partial charge is 0.266 e. The molecule has 3 aromatic carbocycles. The molecule has 0 bridgehead atoms. The van der Waals surface area contributed by atoms with E-state index >= 15 is 0 Å². The molecule has 166 valence electrons. The number of thioether (sulfide) groups is 1. The van der Waals surface area contributed by atoms with Gasteiger partial charge in [-0.1, -0.05) is 57.5 Å². The Kier molecular flexibility index (Phi) is 7.22. The Morgan fingerprint density at radius 2 is 1.91 bits per heavy atom. The van der Waals surface area contributed by atoms with Gasteiger partial charge in [0.25, 0.3) is 11.5 Å². The molecule has 0 aliphatic rings. The number of benzene rings is 3. The Labute approximate surface area is 205 Å². The lowest BCUT2D eigenvalue weighted by Gasteiger charge is -2.13. The minimum atomic E-state index is -0.547. The molecule has 0 radical (unpaired) electrons. The molecule has 0 aliphatic heterocycles. The predicted octanol–water partition coefficient (Wildman–Crippen LogP) is 5.18. The predicted molar refractivity (Wildman–Crippen MR) is 133 cm³/mol. The molecule has 1 N–H and O–H groups in total. The van der Waals surface area contributed by atoms with E-state index in [0.29, 0.717) is 21.7 Å². The molecule has 0 unspecified atom stereocenters. The first kappa shape index (κ1) is 23.2. The summed E-state index contributed by atoms with van der Waals surface area (Å²) in [7, 11) is 0. The van der Waals surface area contributed by atoms with Gasteiger partial charge in [-0.05, 0) is 48.5 Å². The van der Waals surface area contributed by atoms with Crippen molar-refractivity contribution in [1.82, 2.24) is 15.0 Å². The van der Waals surface area contributed by atoms with Gasteiger partial charge < -0.3 is 0 Å². The van der Waals surface area contributed by atoms with Crippen LogP contribution in [0.5, 0.6) is 0 Å². The molecule has 0 saturated carbocycles. The summed E-state index contributed by atoms with van der Waals surface area (Å²) in [5, 5.41) is 4.79. The zero-order chi connectivity index (χ0) is 23.4. The number of amides is 1. The molecule has 4 aromatic rings. The molecule has 33 heavy (non-hydrogen) atoms. The minimum Gasteiger partial charge on any atom is -0.272 e. The van der Waals surface area contributed by atoms with Gasteiger partial charge in [0, 0.05) is 10.0 Å². The van der Waals surface area contributed by atoms with Crippen molar-refractivity contribution in [2.75, 3.05) is 5.75 Å². The summed E-state index contributed by atoms with van der Waals surface area (Å²) in [6, 6.07) is 18.5. The van der Waals surface area contributed by atoms with Crippen LogP contribution in [0.25, 0.3) is 16.6 Å². The third-order valence-electron chi connectivity index (χ3n) is 4.54. The van der Waals surface area contributed by atoms with Gasteiger partial charge in [0.15, 0.2) is 5.16 Å². The maximum absolute atomic E-state index is 13.8. The van der Waals surface area contributed by atoms with Crippen molar-refractivity contribution < 1.29 is 9.18 Å². The van der Waals surface area contributed by atoms with Gasteiger partial charge in [0.2, 0.25) is 0 Å². The van der Waals surface area contributed by atoms with Crippen LogP contribution in [-0.4, -0.2) is 27.4 Å². The van der Waals surface area contributed by atoms with Crippen LogP contribution in [0.2, 0.25) is 5.02 Å². The topological polar surface area (TPSA) is 76.3 Å². The van der Waals surface area contributed by atoms with E-state index < -0.39 is 11.7 Å². The Morgan fingerprint density at radius 1 is 1.15 bits per heavy atom. The molecule has 4 rings (SSSR count). The van der Waals surface area contributed by atoms with Crippen LogP contribution in [0.4, 0.5) is 4.39 Å². The maximum atomic E-state index is 13.8. The van der Waals surface area contributed by atoms with E-state index in [9.17, 15) is 14.0 Å². The highest BCUT2D eigenvalue weighted by Crippen LogP contribution is 2.22. The molecule has 0 spiro atoms. The number of aromatic nitrogens is 2. The van der Waals surface area contributed by atoms with Crippen LogP contribution in [0.15, 0.2) is 86.3 Å². The van der Waals surface area contributed by atoms with E-state index in [1.165, 1.54) is 22.8 Å². The molecular weight excluding hydrogens is 531 g/mol. The summed E-state index contributed by atoms with van der Waals surface area (Å²) in [4.78, 5) is 30.1. The van der Waals surface area contributed by atoms with Crippen molar-refractivity contribution in [2.45, 2.75) is 5.16 Å². The third-order valence-corrected chi connectivity index (χ3v) is 6.34. The number of nitrogens with one attached hydrogen (secondary N) is 1. The fraction of sp³-hybridized carbons (Fsp3) is 0.0435. The first-order valence-electron chi connectivity index (χ1n) is 9.60. The fourth-order valence-electron chi connectivity index (χ4n) is 2.99. The number of carbonyl (C=O) groups is 1. The van der Waals surface area contributed by atoms with Gasteiger partial charge >= 0.3 is 0 Å². The molecule has 10 heteroatoms. The number of hydrogen-bond donors (Lipinski definition) is 1. The lowest BCUT2D eigenvalue weighted by atomic mass is 10.2. The summed E-state index contributed by atoms with van der Waals surface area (Å²) >= 11 is 10.4. The van der Waals surface area contributed by atoms with Crippen molar-refractivity contribution in [3.8, 4) is 5.69 Å². The Morgan fingerprint density at radius 3 is 2.67 bits per heavy atom. The normalized spacial score (nSPS) is 11.2. The highest BCUT2D eigenvalue weighted by atomic mass is 79.9. The van der Waals surface area contributed by atoms with Gasteiger partial charge in [-0.25, -0.2) is 14.8 Å². The second-order valence-corrected chi connectivity index (χ2v) is 9.01. The van der Waals surface area contributed by atoms with Gasteiger partial charge in [0.05, 0.1) is 33.6 Å². The van der Waals surface area contributed by atoms with Crippen LogP contribution in [0.1, 0.15) is 5.56 Å². The minimum absolute atomic E-state index is 0.0658. The van der Waals surface area contributed by atoms with Gasteiger partial charge in [0.1, 0.15) is 5.82 Å². The standard InChI is InChI=1S/C23H15BrClFN4O2S/c24-14-8-10-15(11-9-14)30-22(32)16-4-1-2-7-20(16)28-23(30)33-13-21(31)29-27-12-17-18(25)5-3-6-19(17)26/h1-12H,13H2,(H,29,31)/b27-12-. The van der Waals surface area contributed by atoms with E-state index in [-0.39, 0.29) is 21.9 Å². The highest BCUT2D eigenvalue weighted by Gasteiger charge is 2.15. The fourth-order valence-corrected chi connectivity index (χ4v) is 4.27. The first-order chi connectivity index (χ1) is 15.9. The third kappa shape index (κ3) is 5.32. The Balaban J connectivity index is 1.57. The molecule has 1 heterocycles. The molecule has 0 fully saturated rings. The summed E-state index contributed by atoms with van der Waals surface area (Å²) in [6.45, 7) is 0. The molecule has 6 nitrogen and oxygen atoms in total. The van der Waals surface area contributed by atoms with Crippen molar-refractivity contribution in [3.05, 3.63) is 98.0 Å². The number of carbonyl (C=O) groups excluding carboxylic acids is 1. The quantitative estimate of drug-likeness (QED) is 0.157. The number of nitrogens with zero attached hydrogens (tertiary/aromatic N) is 3. The number of hydrazone groups is 1. The van der Waals surface area contributed by atoms with E-state index in [4.69, 9.17) is 11.6 Å². The largest absolute Gasteiger partial charge is 0.272 e. The van der Waals surface area contributed by atoms with Crippen LogP contribution in [-0.2, 0) is 4.79 Å². The summed E-state index contributed by atoms with van der Waals surface area (Å²) in [5.74, 6) is -1.06. The highest BCUT2D eigenvalue weighted by molar-refractivity contribution is 9.10. The van der Waals surface area contributed by atoms with Crippen molar-refractivity contribution in [1.29, 1.82) is 0 Å². The second kappa shape index (κ2) is 10.3. The zero-order valence-corrected chi connectivity index (χ0v) is 20.0. The van der Waals surface area contributed by atoms with Crippen molar-refractivity contribution in [2.24, 2.45) is 5.10 Å². The monoisotopic (exact) mass is 544 g/mol. The maximum Gasteiger partial charge on any atom is 0.266 e. The van der Waals surface area contributed by atoms with Crippen LogP contribution >= 0.6 is 39.3 Å². The number of halogens is 3. The van der Waals surface area contributed by atoms with Gasteiger partial charge in [-0.15, -0.1) is 0 Å². The van der Waals surface area contributed by atoms with Crippen LogP contribution in [0, 0.1) is 5.82 Å². The summed E-state index contributed by atoms with van der Waals surface area (Å²) in [6.07, 6.45) is 1.15. The van der Waals surface area contributed by atoms with Gasteiger partial charge in [-0.2, -0.15) is 5.10 Å². The van der Waals surface area contributed by atoms with Crippen LogP contribution in [0.3, 0.4) is 0 Å². The van der Waals surface area contributed by atoms with E-state index in [0.717, 1.165) is 22.4 Å². The average Bonchev–Trinajstić information content (AvgIpc) is 2.80. The SMILES string of the molecule is O=C(CSc1nc2ccccc2c(=O)n1-c1ccc(Br)cc1)N/N=C\c1c(F)cccc1Cl. The van der Waals surface area contributed by atoms with E-state index in [1.807, 2.05) is 12.1 Å². The summed E-state index contributed by atoms with van der Waals surface area (Å²) in [5.41, 5.74) is 3.33. The molecule has 1 amide bonds. The second-order valence-electron chi connectivity index (χ2n) is 6.75. The van der Waals surface area contributed by atoms with Crippen LogP contribution < -0.4 is 11.0 Å². The first-order valence-corrected chi connectivity index (χ1v) is 11.8. The van der Waals surface area contributed by atoms with Crippen molar-refractivity contribution in [3.63, 3.8) is 0 Å².